The minimum absolute atomic E-state index is 0.279. The molecule has 2 heteroatoms. The molecule has 0 aromatic rings. The van der Waals surface area contributed by atoms with E-state index in [0.29, 0.717) is 5.92 Å². The Morgan fingerprint density at radius 3 is 2.47 bits per heavy atom. The van der Waals surface area contributed by atoms with Crippen LogP contribution in [0.2, 0.25) is 0 Å². The van der Waals surface area contributed by atoms with E-state index in [1.807, 2.05) is 0 Å². The lowest BCUT2D eigenvalue weighted by Gasteiger charge is -2.32. The van der Waals surface area contributed by atoms with Crippen LogP contribution in [-0.4, -0.2) is 37.6 Å². The van der Waals surface area contributed by atoms with E-state index in [2.05, 4.69) is 50.8 Å². The fourth-order valence-electron chi connectivity index (χ4n) is 2.02. The lowest BCUT2D eigenvalue weighted by Crippen LogP contribution is -2.41. The Labute approximate surface area is 108 Å². The largest absolute Gasteiger partial charge is 0.316 e. The van der Waals surface area contributed by atoms with Crippen LogP contribution in [0.3, 0.4) is 0 Å². The molecule has 17 heavy (non-hydrogen) atoms. The highest BCUT2D eigenvalue weighted by atomic mass is 15.1. The van der Waals surface area contributed by atoms with Gasteiger partial charge in [0.15, 0.2) is 0 Å². The highest BCUT2D eigenvalue weighted by Gasteiger charge is 2.20. The van der Waals surface area contributed by atoms with E-state index in [9.17, 15) is 0 Å². The second-order valence-corrected chi connectivity index (χ2v) is 6.10. The Bertz CT molecular complexity index is 226. The minimum atomic E-state index is 0.279. The molecule has 0 aliphatic rings. The predicted octanol–water partition coefficient (Wildman–Crippen LogP) is 2.60. The van der Waals surface area contributed by atoms with E-state index >= 15 is 0 Å². The van der Waals surface area contributed by atoms with Crippen molar-refractivity contribution in [3.63, 3.8) is 0 Å². The Balaban J connectivity index is 4.06. The third-order valence-corrected chi connectivity index (χ3v) is 2.66. The molecule has 0 radical (unpaired) electrons. The molecule has 0 saturated heterocycles. The Hall–Kier alpha value is -0.520. The van der Waals surface area contributed by atoms with Gasteiger partial charge in [-0.05, 0) is 30.8 Å². The summed E-state index contributed by atoms with van der Waals surface area (Å²) in [4.78, 5) is 2.37. The Morgan fingerprint density at radius 1 is 1.35 bits per heavy atom. The molecule has 0 aromatic carbocycles. The van der Waals surface area contributed by atoms with Gasteiger partial charge in [0.1, 0.15) is 0 Å². The summed E-state index contributed by atoms with van der Waals surface area (Å²) < 4.78 is 0. The van der Waals surface area contributed by atoms with Gasteiger partial charge in [-0.1, -0.05) is 40.5 Å². The van der Waals surface area contributed by atoms with Gasteiger partial charge >= 0.3 is 0 Å². The normalized spacial score (nSPS) is 12.1. The summed E-state index contributed by atoms with van der Waals surface area (Å²) in [5.41, 5.74) is 0.279. The molecule has 0 spiro atoms. The average molecular weight is 238 g/mol. The lowest BCUT2D eigenvalue weighted by molar-refractivity contribution is 0.189. The summed E-state index contributed by atoms with van der Waals surface area (Å²) in [5.74, 6) is 3.47. The predicted molar refractivity (Wildman–Crippen MR) is 77.1 cm³/mol. The number of nitrogens with one attached hydrogen (secondary N) is 1. The molecule has 0 amide bonds. The number of rotatable bonds is 9. The highest BCUT2D eigenvalue weighted by Crippen LogP contribution is 2.16. The van der Waals surface area contributed by atoms with Crippen molar-refractivity contribution >= 4 is 0 Å². The molecule has 1 N–H and O–H groups in total. The number of nitrogens with zero attached hydrogens (tertiary/aromatic N) is 1. The van der Waals surface area contributed by atoms with Gasteiger partial charge < -0.3 is 5.32 Å². The van der Waals surface area contributed by atoms with E-state index in [1.54, 1.807) is 0 Å². The van der Waals surface area contributed by atoms with Crippen LogP contribution >= 0.6 is 0 Å². The van der Waals surface area contributed by atoms with Crippen molar-refractivity contribution in [3.05, 3.63) is 0 Å². The molecule has 0 rings (SSSR count). The van der Waals surface area contributed by atoms with Crippen LogP contribution in [0.15, 0.2) is 0 Å². The summed E-state index contributed by atoms with van der Waals surface area (Å²) in [6.45, 7) is 16.4. The molecular weight excluding hydrogens is 208 g/mol. The molecular formula is C15H30N2. The molecule has 100 valence electrons. The number of terminal acetylenes is 1. The zero-order valence-electron chi connectivity index (χ0n) is 12.3. The van der Waals surface area contributed by atoms with Crippen LogP contribution in [0.25, 0.3) is 0 Å². The summed E-state index contributed by atoms with van der Waals surface area (Å²) in [6, 6.07) is 0. The third-order valence-electron chi connectivity index (χ3n) is 2.66. The van der Waals surface area contributed by atoms with E-state index in [0.717, 1.165) is 39.1 Å². The van der Waals surface area contributed by atoms with Crippen molar-refractivity contribution in [2.24, 2.45) is 11.3 Å². The summed E-state index contributed by atoms with van der Waals surface area (Å²) >= 11 is 0. The van der Waals surface area contributed by atoms with Gasteiger partial charge in [0.05, 0.1) is 6.54 Å². The molecule has 0 aliphatic carbocycles. The maximum atomic E-state index is 5.41. The minimum Gasteiger partial charge on any atom is -0.316 e. The second kappa shape index (κ2) is 8.55. The van der Waals surface area contributed by atoms with Crippen molar-refractivity contribution in [1.29, 1.82) is 0 Å². The van der Waals surface area contributed by atoms with Gasteiger partial charge in [-0.25, -0.2) is 0 Å². The molecule has 0 atom stereocenters. The van der Waals surface area contributed by atoms with Crippen LogP contribution in [0.5, 0.6) is 0 Å². The summed E-state index contributed by atoms with van der Waals surface area (Å²) in [5, 5.41) is 3.54. The van der Waals surface area contributed by atoms with Crippen LogP contribution in [-0.2, 0) is 0 Å². The van der Waals surface area contributed by atoms with Gasteiger partial charge in [-0.3, -0.25) is 4.90 Å². The molecule has 2 nitrogen and oxygen atoms in total. The topological polar surface area (TPSA) is 15.3 Å². The van der Waals surface area contributed by atoms with E-state index in [4.69, 9.17) is 6.42 Å². The fraction of sp³-hybridized carbons (Fsp3) is 0.867. The Kier molecular flexibility index (Phi) is 8.29. The lowest BCUT2D eigenvalue weighted by atomic mass is 9.92. The zero-order chi connectivity index (χ0) is 13.3. The second-order valence-electron chi connectivity index (χ2n) is 6.10. The fourth-order valence-corrected chi connectivity index (χ4v) is 2.02. The van der Waals surface area contributed by atoms with Gasteiger partial charge in [0.2, 0.25) is 0 Å². The molecule has 0 saturated carbocycles. The van der Waals surface area contributed by atoms with E-state index in [1.165, 1.54) is 0 Å². The van der Waals surface area contributed by atoms with Crippen molar-refractivity contribution < 1.29 is 0 Å². The van der Waals surface area contributed by atoms with Gasteiger partial charge in [-0.15, -0.1) is 6.42 Å². The summed E-state index contributed by atoms with van der Waals surface area (Å²) in [6.07, 6.45) is 6.57. The van der Waals surface area contributed by atoms with Crippen LogP contribution in [0, 0.1) is 23.7 Å². The molecule has 0 heterocycles. The van der Waals surface area contributed by atoms with Crippen molar-refractivity contribution in [1.82, 2.24) is 10.2 Å². The van der Waals surface area contributed by atoms with Crippen molar-refractivity contribution in [3.8, 4) is 12.3 Å². The number of hydrogen-bond donors (Lipinski definition) is 1. The first-order valence-electron chi connectivity index (χ1n) is 6.78. The van der Waals surface area contributed by atoms with Gasteiger partial charge in [0.25, 0.3) is 0 Å². The van der Waals surface area contributed by atoms with E-state index < -0.39 is 0 Å². The smallest absolute Gasteiger partial charge is 0.0599 e. The van der Waals surface area contributed by atoms with Crippen molar-refractivity contribution in [2.75, 3.05) is 32.7 Å². The standard InChI is InChI=1S/C15H30N2/c1-7-9-17(10-8-2)13-15(5,6)12-16-11-14(3)4/h1,14,16H,8-13H2,2-6H3. The highest BCUT2D eigenvalue weighted by molar-refractivity contribution is 4.90. The van der Waals surface area contributed by atoms with Gasteiger partial charge in [-0.2, -0.15) is 0 Å². The molecule has 0 unspecified atom stereocenters. The first-order valence-corrected chi connectivity index (χ1v) is 6.78. The number of hydrogen-bond acceptors (Lipinski definition) is 2. The monoisotopic (exact) mass is 238 g/mol. The average Bonchev–Trinajstić information content (AvgIpc) is 2.16. The summed E-state index contributed by atoms with van der Waals surface area (Å²) in [7, 11) is 0. The molecule has 0 bridgehead atoms. The van der Waals surface area contributed by atoms with Gasteiger partial charge in [0, 0.05) is 13.1 Å². The molecule has 0 fully saturated rings. The first kappa shape index (κ1) is 16.5. The molecule has 0 aliphatic heterocycles. The van der Waals surface area contributed by atoms with Crippen LogP contribution < -0.4 is 5.32 Å². The van der Waals surface area contributed by atoms with Crippen LogP contribution in [0.4, 0.5) is 0 Å². The van der Waals surface area contributed by atoms with Crippen LogP contribution in [0.1, 0.15) is 41.0 Å². The molecule has 0 aromatic heterocycles. The first-order chi connectivity index (χ1) is 7.91. The maximum absolute atomic E-state index is 5.41. The van der Waals surface area contributed by atoms with E-state index in [-0.39, 0.29) is 5.41 Å². The quantitative estimate of drug-likeness (QED) is 0.621. The maximum Gasteiger partial charge on any atom is 0.0599 e. The SMILES string of the molecule is C#CCN(CCC)CC(C)(C)CNCC(C)C. The Morgan fingerprint density at radius 2 is 2.00 bits per heavy atom. The van der Waals surface area contributed by atoms with Crippen molar-refractivity contribution in [2.45, 2.75) is 41.0 Å². The third kappa shape index (κ3) is 9.21. The zero-order valence-corrected chi connectivity index (χ0v) is 12.3.